The molecule has 3 N–H and O–H groups in total. The highest BCUT2D eigenvalue weighted by atomic mass is 16.5. The number of aliphatic imine (C=N–C) groups is 1. The standard InChI is InChI=1S/C14H28N4O/c1-19-11-5-9-16-14(17-15)18-10-4-7-12-6-2-3-8-13(12)18/h12-13H,2-11,15H2,1H3,(H,16,17). The van der Waals surface area contributed by atoms with Gasteiger partial charge in [0.25, 0.3) is 0 Å². The first-order chi connectivity index (χ1) is 9.36. The Morgan fingerprint density at radius 2 is 2.11 bits per heavy atom. The lowest BCUT2D eigenvalue weighted by atomic mass is 9.78. The minimum Gasteiger partial charge on any atom is -0.385 e. The van der Waals surface area contributed by atoms with Crippen LogP contribution in [0.15, 0.2) is 4.99 Å². The van der Waals surface area contributed by atoms with Gasteiger partial charge in [0.15, 0.2) is 0 Å². The van der Waals surface area contributed by atoms with Crippen molar-refractivity contribution < 1.29 is 4.74 Å². The van der Waals surface area contributed by atoms with Crippen molar-refractivity contribution >= 4 is 5.96 Å². The largest absolute Gasteiger partial charge is 0.385 e. The fourth-order valence-electron chi connectivity index (χ4n) is 3.50. The minimum absolute atomic E-state index is 0.653. The van der Waals surface area contributed by atoms with Crippen molar-refractivity contribution in [3.05, 3.63) is 0 Å². The molecule has 1 saturated carbocycles. The molecule has 0 radical (unpaired) electrons. The minimum atomic E-state index is 0.653. The van der Waals surface area contributed by atoms with E-state index in [-0.39, 0.29) is 0 Å². The summed E-state index contributed by atoms with van der Waals surface area (Å²) in [6.45, 7) is 2.63. The second-order valence-corrected chi connectivity index (χ2v) is 5.64. The summed E-state index contributed by atoms with van der Waals surface area (Å²) in [5.74, 6) is 7.42. The Morgan fingerprint density at radius 1 is 1.32 bits per heavy atom. The Balaban J connectivity index is 1.95. The van der Waals surface area contributed by atoms with Crippen molar-refractivity contribution in [2.24, 2.45) is 16.8 Å². The highest BCUT2D eigenvalue weighted by Crippen LogP contribution is 2.35. The monoisotopic (exact) mass is 268 g/mol. The topological polar surface area (TPSA) is 62.9 Å². The molecule has 1 aliphatic carbocycles. The maximum absolute atomic E-state index is 5.69. The van der Waals surface area contributed by atoms with E-state index in [9.17, 15) is 0 Å². The number of hydrazine groups is 1. The molecule has 0 spiro atoms. The van der Waals surface area contributed by atoms with Crippen LogP contribution in [0.1, 0.15) is 44.9 Å². The molecule has 2 atom stereocenters. The van der Waals surface area contributed by atoms with E-state index in [0.29, 0.717) is 6.04 Å². The van der Waals surface area contributed by atoms with E-state index in [0.717, 1.165) is 38.0 Å². The number of nitrogens with two attached hydrogens (primary N) is 1. The molecular weight excluding hydrogens is 240 g/mol. The Morgan fingerprint density at radius 3 is 2.89 bits per heavy atom. The molecule has 2 aliphatic rings. The van der Waals surface area contributed by atoms with Crippen LogP contribution in [0.3, 0.4) is 0 Å². The third-order valence-electron chi connectivity index (χ3n) is 4.41. The van der Waals surface area contributed by atoms with Gasteiger partial charge in [-0.1, -0.05) is 12.8 Å². The summed E-state index contributed by atoms with van der Waals surface area (Å²) in [6.07, 6.45) is 9.00. The van der Waals surface area contributed by atoms with E-state index in [1.165, 1.54) is 38.5 Å². The number of nitrogens with one attached hydrogen (secondary N) is 1. The van der Waals surface area contributed by atoms with E-state index in [2.05, 4.69) is 15.3 Å². The van der Waals surface area contributed by atoms with Crippen LogP contribution in [0, 0.1) is 5.92 Å². The summed E-state index contributed by atoms with van der Waals surface area (Å²) in [4.78, 5) is 7.04. The van der Waals surface area contributed by atoms with Crippen molar-refractivity contribution in [1.82, 2.24) is 10.3 Å². The number of rotatable bonds is 4. The van der Waals surface area contributed by atoms with Gasteiger partial charge in [-0.15, -0.1) is 0 Å². The molecule has 0 amide bonds. The predicted molar refractivity (Wildman–Crippen MR) is 77.8 cm³/mol. The fraction of sp³-hybridized carbons (Fsp3) is 0.929. The molecule has 0 aromatic carbocycles. The van der Waals surface area contributed by atoms with Crippen LogP contribution in [0.25, 0.3) is 0 Å². The van der Waals surface area contributed by atoms with Crippen molar-refractivity contribution in [2.75, 3.05) is 26.8 Å². The molecule has 2 fully saturated rings. The van der Waals surface area contributed by atoms with Crippen molar-refractivity contribution in [2.45, 2.75) is 51.0 Å². The zero-order valence-electron chi connectivity index (χ0n) is 12.1. The number of hydrogen-bond acceptors (Lipinski definition) is 3. The third-order valence-corrected chi connectivity index (χ3v) is 4.41. The average Bonchev–Trinajstić information content (AvgIpc) is 2.47. The zero-order chi connectivity index (χ0) is 13.5. The van der Waals surface area contributed by atoms with Crippen LogP contribution in [0.4, 0.5) is 0 Å². The molecule has 5 nitrogen and oxygen atoms in total. The Kier molecular flexibility index (Phi) is 5.92. The van der Waals surface area contributed by atoms with E-state index in [1.54, 1.807) is 7.11 Å². The van der Waals surface area contributed by atoms with Gasteiger partial charge in [-0.3, -0.25) is 10.4 Å². The van der Waals surface area contributed by atoms with Crippen LogP contribution >= 0.6 is 0 Å². The quantitative estimate of drug-likeness (QED) is 0.267. The van der Waals surface area contributed by atoms with E-state index in [1.807, 2.05) is 0 Å². The summed E-state index contributed by atoms with van der Waals surface area (Å²) in [5.41, 5.74) is 2.82. The highest BCUT2D eigenvalue weighted by molar-refractivity contribution is 5.79. The number of likely N-dealkylation sites (tertiary alicyclic amines) is 1. The lowest BCUT2D eigenvalue weighted by molar-refractivity contribution is 0.115. The first-order valence-corrected chi connectivity index (χ1v) is 7.63. The molecule has 0 bridgehead atoms. The van der Waals surface area contributed by atoms with Crippen LogP contribution in [0.5, 0.6) is 0 Å². The molecule has 1 saturated heterocycles. The number of methoxy groups -OCH3 is 1. The summed E-state index contributed by atoms with van der Waals surface area (Å²) >= 11 is 0. The number of piperidine rings is 1. The van der Waals surface area contributed by atoms with Crippen LogP contribution in [0.2, 0.25) is 0 Å². The van der Waals surface area contributed by atoms with Crippen LogP contribution in [-0.2, 0) is 4.74 Å². The summed E-state index contributed by atoms with van der Waals surface area (Å²) in [7, 11) is 1.73. The molecule has 1 aliphatic heterocycles. The summed E-state index contributed by atoms with van der Waals surface area (Å²) in [5, 5.41) is 0. The first-order valence-electron chi connectivity index (χ1n) is 7.63. The predicted octanol–water partition coefficient (Wildman–Crippen LogP) is 1.50. The second-order valence-electron chi connectivity index (χ2n) is 5.64. The molecule has 1 heterocycles. The van der Waals surface area contributed by atoms with Gasteiger partial charge in [-0.05, 0) is 38.0 Å². The fourth-order valence-corrected chi connectivity index (χ4v) is 3.50. The van der Waals surface area contributed by atoms with Gasteiger partial charge in [-0.2, -0.15) is 0 Å². The Labute approximate surface area is 116 Å². The maximum Gasteiger partial charge on any atom is 0.208 e. The lowest BCUT2D eigenvalue weighted by Gasteiger charge is -2.45. The third kappa shape index (κ3) is 3.83. The van der Waals surface area contributed by atoms with Crippen molar-refractivity contribution in [1.29, 1.82) is 0 Å². The van der Waals surface area contributed by atoms with E-state index >= 15 is 0 Å². The SMILES string of the molecule is COCCCN=C(NN)N1CCCC2CCCCC21. The van der Waals surface area contributed by atoms with Crippen LogP contribution < -0.4 is 11.3 Å². The van der Waals surface area contributed by atoms with Gasteiger partial charge < -0.3 is 9.64 Å². The number of hydrogen-bond donors (Lipinski definition) is 2. The normalized spacial score (nSPS) is 28.1. The molecular formula is C14H28N4O. The van der Waals surface area contributed by atoms with Gasteiger partial charge in [0.1, 0.15) is 0 Å². The molecule has 0 aromatic heterocycles. The number of nitrogens with zero attached hydrogens (tertiary/aromatic N) is 2. The van der Waals surface area contributed by atoms with Gasteiger partial charge in [0.05, 0.1) is 0 Å². The van der Waals surface area contributed by atoms with Crippen LogP contribution in [-0.4, -0.2) is 43.7 Å². The second kappa shape index (κ2) is 7.70. The molecule has 5 heteroatoms. The molecule has 0 aromatic rings. The summed E-state index contributed by atoms with van der Waals surface area (Å²) in [6, 6.07) is 0.653. The highest BCUT2D eigenvalue weighted by Gasteiger charge is 2.34. The van der Waals surface area contributed by atoms with E-state index in [4.69, 9.17) is 10.6 Å². The molecule has 110 valence electrons. The smallest absolute Gasteiger partial charge is 0.208 e. The Hall–Kier alpha value is -0.810. The average molecular weight is 268 g/mol. The number of fused-ring (bicyclic) bond motifs is 1. The summed E-state index contributed by atoms with van der Waals surface area (Å²) < 4.78 is 5.05. The van der Waals surface area contributed by atoms with Gasteiger partial charge in [-0.25, -0.2) is 5.84 Å². The molecule has 19 heavy (non-hydrogen) atoms. The number of guanidine groups is 1. The van der Waals surface area contributed by atoms with Gasteiger partial charge in [0, 0.05) is 32.8 Å². The van der Waals surface area contributed by atoms with Gasteiger partial charge >= 0.3 is 0 Å². The molecule has 2 rings (SSSR count). The van der Waals surface area contributed by atoms with E-state index < -0.39 is 0 Å². The van der Waals surface area contributed by atoms with Crippen molar-refractivity contribution in [3.63, 3.8) is 0 Å². The Bertz CT molecular complexity index is 293. The molecule has 2 unspecified atom stereocenters. The lowest BCUT2D eigenvalue weighted by Crippen LogP contribution is -2.55. The zero-order valence-corrected chi connectivity index (χ0v) is 12.1. The maximum atomic E-state index is 5.69. The first kappa shape index (κ1) is 14.6. The van der Waals surface area contributed by atoms with Gasteiger partial charge in [0.2, 0.25) is 5.96 Å². The number of ether oxygens (including phenoxy) is 1. The van der Waals surface area contributed by atoms with Crippen molar-refractivity contribution in [3.8, 4) is 0 Å².